The number of thioether (sulfide) groups is 1. The van der Waals surface area contributed by atoms with E-state index in [1.807, 2.05) is 0 Å². The van der Waals surface area contributed by atoms with Gasteiger partial charge in [-0.05, 0) is 17.2 Å². The molecule has 0 aromatic heterocycles. The molecule has 2 nitrogen and oxygen atoms in total. The molecule has 1 aliphatic heterocycles. The lowest BCUT2D eigenvalue weighted by Gasteiger charge is -2.31. The second kappa shape index (κ2) is 6.43. The van der Waals surface area contributed by atoms with Gasteiger partial charge in [-0.3, -0.25) is 4.90 Å². The summed E-state index contributed by atoms with van der Waals surface area (Å²) in [5.41, 5.74) is 7.14. The third-order valence-electron chi connectivity index (χ3n) is 3.44. The van der Waals surface area contributed by atoms with Gasteiger partial charge in [0.25, 0.3) is 0 Å². The third kappa shape index (κ3) is 3.47. The van der Waals surface area contributed by atoms with Gasteiger partial charge in [0.1, 0.15) is 0 Å². The molecule has 1 fully saturated rings. The van der Waals surface area contributed by atoms with Gasteiger partial charge in [0.2, 0.25) is 0 Å². The molecule has 0 radical (unpaired) electrons. The van der Waals surface area contributed by atoms with Gasteiger partial charge in [-0.25, -0.2) is 0 Å². The Hall–Kier alpha value is -0.510. The highest BCUT2D eigenvalue weighted by atomic mass is 32.2. The molecule has 0 bridgehead atoms. The molecular weight excluding hydrogens is 228 g/mol. The van der Waals surface area contributed by atoms with Crippen LogP contribution < -0.4 is 5.73 Å². The molecular formula is C14H22N2S. The second-order valence-electron chi connectivity index (χ2n) is 4.83. The molecule has 1 heterocycles. The molecule has 1 aliphatic rings. The van der Waals surface area contributed by atoms with E-state index in [4.69, 9.17) is 5.73 Å². The van der Waals surface area contributed by atoms with Gasteiger partial charge in [-0.2, -0.15) is 11.8 Å². The van der Waals surface area contributed by atoms with Gasteiger partial charge in [0, 0.05) is 31.4 Å². The van der Waals surface area contributed by atoms with Crippen molar-refractivity contribution in [1.29, 1.82) is 0 Å². The summed E-state index contributed by atoms with van der Waals surface area (Å²) in [6, 6.07) is 11.4. The summed E-state index contributed by atoms with van der Waals surface area (Å²) in [7, 11) is 0. The molecule has 0 amide bonds. The number of hydrogen-bond donors (Lipinski definition) is 1. The number of hydrogen-bond acceptors (Lipinski definition) is 3. The molecule has 2 atom stereocenters. The monoisotopic (exact) mass is 250 g/mol. The summed E-state index contributed by atoms with van der Waals surface area (Å²) in [6.45, 7) is 5.15. The molecule has 2 rings (SSSR count). The van der Waals surface area contributed by atoms with E-state index in [1.165, 1.54) is 17.1 Å². The highest BCUT2D eigenvalue weighted by Crippen LogP contribution is 2.28. The Kier molecular flexibility index (Phi) is 4.89. The Morgan fingerprint density at radius 1 is 1.29 bits per heavy atom. The fourth-order valence-electron chi connectivity index (χ4n) is 2.46. The number of benzene rings is 1. The SMILES string of the molecule is CC1CSCC1N(CCN)Cc1ccccc1. The maximum absolute atomic E-state index is 5.75. The van der Waals surface area contributed by atoms with E-state index < -0.39 is 0 Å². The van der Waals surface area contributed by atoms with Crippen LogP contribution in [-0.4, -0.2) is 35.5 Å². The molecule has 0 spiro atoms. The van der Waals surface area contributed by atoms with Crippen LogP contribution in [-0.2, 0) is 6.54 Å². The average molecular weight is 250 g/mol. The lowest BCUT2D eigenvalue weighted by molar-refractivity contribution is 0.176. The number of rotatable bonds is 5. The van der Waals surface area contributed by atoms with Crippen molar-refractivity contribution in [2.75, 3.05) is 24.6 Å². The summed E-state index contributed by atoms with van der Waals surface area (Å²) in [5, 5.41) is 0. The minimum Gasteiger partial charge on any atom is -0.329 e. The number of nitrogens with zero attached hydrogens (tertiary/aromatic N) is 1. The van der Waals surface area contributed by atoms with E-state index in [-0.39, 0.29) is 0 Å². The highest BCUT2D eigenvalue weighted by Gasteiger charge is 2.28. The zero-order chi connectivity index (χ0) is 12.1. The maximum atomic E-state index is 5.75. The van der Waals surface area contributed by atoms with Gasteiger partial charge in [0.15, 0.2) is 0 Å². The normalized spacial score (nSPS) is 24.4. The minimum absolute atomic E-state index is 0.698. The van der Waals surface area contributed by atoms with E-state index >= 15 is 0 Å². The van der Waals surface area contributed by atoms with Crippen LogP contribution >= 0.6 is 11.8 Å². The van der Waals surface area contributed by atoms with Crippen molar-refractivity contribution in [3.8, 4) is 0 Å². The molecule has 0 saturated carbocycles. The van der Waals surface area contributed by atoms with Crippen molar-refractivity contribution in [1.82, 2.24) is 4.90 Å². The van der Waals surface area contributed by atoms with Gasteiger partial charge in [-0.15, -0.1) is 0 Å². The average Bonchev–Trinajstić information content (AvgIpc) is 2.76. The third-order valence-corrected chi connectivity index (χ3v) is 4.78. The topological polar surface area (TPSA) is 29.3 Å². The summed E-state index contributed by atoms with van der Waals surface area (Å²) >= 11 is 2.07. The second-order valence-corrected chi connectivity index (χ2v) is 5.90. The highest BCUT2D eigenvalue weighted by molar-refractivity contribution is 7.99. The predicted molar refractivity (Wildman–Crippen MR) is 76.2 cm³/mol. The summed E-state index contributed by atoms with van der Waals surface area (Å²) < 4.78 is 0. The van der Waals surface area contributed by atoms with Crippen LogP contribution in [0.2, 0.25) is 0 Å². The molecule has 94 valence electrons. The number of nitrogens with two attached hydrogens (primary N) is 1. The summed E-state index contributed by atoms with van der Waals surface area (Å²) in [5.74, 6) is 3.34. The van der Waals surface area contributed by atoms with Crippen LogP contribution in [0.3, 0.4) is 0 Å². The Morgan fingerprint density at radius 2 is 2.06 bits per heavy atom. The summed E-state index contributed by atoms with van der Waals surface area (Å²) in [4.78, 5) is 2.56. The first kappa shape index (κ1) is 12.9. The van der Waals surface area contributed by atoms with Crippen molar-refractivity contribution < 1.29 is 0 Å². The largest absolute Gasteiger partial charge is 0.329 e. The van der Waals surface area contributed by atoms with Crippen LogP contribution in [0.5, 0.6) is 0 Å². The maximum Gasteiger partial charge on any atom is 0.0237 e. The van der Waals surface area contributed by atoms with Crippen LogP contribution in [0.4, 0.5) is 0 Å². The van der Waals surface area contributed by atoms with Crippen molar-refractivity contribution in [3.05, 3.63) is 35.9 Å². The van der Waals surface area contributed by atoms with Crippen molar-refractivity contribution in [2.45, 2.75) is 19.5 Å². The molecule has 1 saturated heterocycles. The minimum atomic E-state index is 0.698. The first-order valence-corrected chi connectivity index (χ1v) is 7.52. The lowest BCUT2D eigenvalue weighted by atomic mass is 10.0. The van der Waals surface area contributed by atoms with Gasteiger partial charge in [0.05, 0.1) is 0 Å². The molecule has 1 aromatic rings. The quantitative estimate of drug-likeness (QED) is 0.868. The van der Waals surface area contributed by atoms with Crippen LogP contribution in [0, 0.1) is 5.92 Å². The lowest BCUT2D eigenvalue weighted by Crippen LogP contribution is -2.41. The van der Waals surface area contributed by atoms with Crippen LogP contribution in [0.15, 0.2) is 30.3 Å². The van der Waals surface area contributed by atoms with E-state index in [2.05, 4.69) is 53.9 Å². The molecule has 2 unspecified atom stereocenters. The zero-order valence-corrected chi connectivity index (χ0v) is 11.3. The van der Waals surface area contributed by atoms with Gasteiger partial charge in [-0.1, -0.05) is 37.3 Å². The molecule has 3 heteroatoms. The Balaban J connectivity index is 2.02. The fourth-order valence-corrected chi connectivity index (χ4v) is 3.97. The standard InChI is InChI=1S/C14H22N2S/c1-12-10-17-11-14(12)16(8-7-15)9-13-5-3-2-4-6-13/h2-6,12,14H,7-11,15H2,1H3. The van der Waals surface area contributed by atoms with Gasteiger partial charge >= 0.3 is 0 Å². The predicted octanol–water partition coefficient (Wildman–Crippen LogP) is 2.20. The van der Waals surface area contributed by atoms with E-state index in [0.717, 1.165) is 25.6 Å². The fraction of sp³-hybridized carbons (Fsp3) is 0.571. The molecule has 0 aliphatic carbocycles. The Morgan fingerprint density at radius 3 is 2.65 bits per heavy atom. The zero-order valence-electron chi connectivity index (χ0n) is 10.5. The van der Waals surface area contributed by atoms with Crippen LogP contribution in [0.25, 0.3) is 0 Å². The van der Waals surface area contributed by atoms with Crippen molar-refractivity contribution in [2.24, 2.45) is 11.7 Å². The van der Waals surface area contributed by atoms with Gasteiger partial charge < -0.3 is 5.73 Å². The first-order valence-electron chi connectivity index (χ1n) is 6.37. The van der Waals surface area contributed by atoms with Crippen LogP contribution in [0.1, 0.15) is 12.5 Å². The Labute approximate surface area is 109 Å². The van der Waals surface area contributed by atoms with Crippen molar-refractivity contribution >= 4 is 11.8 Å². The van der Waals surface area contributed by atoms with E-state index in [9.17, 15) is 0 Å². The molecule has 1 aromatic carbocycles. The Bertz CT molecular complexity index is 328. The molecule has 2 N–H and O–H groups in total. The van der Waals surface area contributed by atoms with E-state index in [1.54, 1.807) is 0 Å². The first-order chi connectivity index (χ1) is 8.31. The van der Waals surface area contributed by atoms with Crippen molar-refractivity contribution in [3.63, 3.8) is 0 Å². The molecule has 17 heavy (non-hydrogen) atoms. The smallest absolute Gasteiger partial charge is 0.0237 e. The summed E-state index contributed by atoms with van der Waals surface area (Å²) in [6.07, 6.45) is 0. The van der Waals surface area contributed by atoms with E-state index in [0.29, 0.717) is 6.04 Å².